The van der Waals surface area contributed by atoms with E-state index in [-0.39, 0.29) is 5.91 Å². The van der Waals surface area contributed by atoms with E-state index in [4.69, 9.17) is 5.73 Å². The highest BCUT2D eigenvalue weighted by molar-refractivity contribution is 9.10. The van der Waals surface area contributed by atoms with Gasteiger partial charge in [-0.2, -0.15) is 0 Å². The zero-order chi connectivity index (χ0) is 12.4. The van der Waals surface area contributed by atoms with Crippen LogP contribution in [0.25, 0.3) is 0 Å². The van der Waals surface area contributed by atoms with E-state index in [9.17, 15) is 4.79 Å². The quantitative estimate of drug-likeness (QED) is 0.862. The lowest BCUT2D eigenvalue weighted by Crippen LogP contribution is -2.27. The molecule has 0 aliphatic rings. The molecule has 2 N–H and O–H groups in total. The van der Waals surface area contributed by atoms with Gasteiger partial charge in [-0.25, -0.2) is 0 Å². The van der Waals surface area contributed by atoms with E-state index in [1.807, 2.05) is 6.07 Å². The zero-order valence-electron chi connectivity index (χ0n) is 8.92. The van der Waals surface area contributed by atoms with Crippen LogP contribution in [0.2, 0.25) is 0 Å². The number of nitrogen functional groups attached to an aromatic ring is 1. The molecule has 0 unspecified atom stereocenters. The molecule has 0 fully saturated rings. The molecule has 1 amide bonds. The maximum absolute atomic E-state index is 12.0. The minimum absolute atomic E-state index is 0.229. The summed E-state index contributed by atoms with van der Waals surface area (Å²) in [7, 11) is 1.65. The van der Waals surface area contributed by atoms with Crippen molar-refractivity contribution >= 4 is 44.7 Å². The van der Waals surface area contributed by atoms with E-state index in [2.05, 4.69) is 25.5 Å². The van der Waals surface area contributed by atoms with E-state index in [0.717, 1.165) is 16.0 Å². The second kappa shape index (κ2) is 4.80. The van der Waals surface area contributed by atoms with Gasteiger partial charge in [0.25, 0.3) is 5.91 Å². The number of rotatable bonds is 2. The Bertz CT molecular complexity index is 543. The first-order valence-electron chi connectivity index (χ1n) is 4.69. The summed E-state index contributed by atoms with van der Waals surface area (Å²) in [6.45, 7) is 0. The summed E-state index contributed by atoms with van der Waals surface area (Å²) in [5, 5.41) is 5.34. The Morgan fingerprint density at radius 3 is 2.88 bits per heavy atom. The molecule has 0 aliphatic carbocycles. The van der Waals surface area contributed by atoms with Crippen molar-refractivity contribution in [1.29, 1.82) is 0 Å². The highest BCUT2D eigenvalue weighted by atomic mass is 79.9. The molecule has 7 heteroatoms. The Kier molecular flexibility index (Phi) is 3.39. The number of aromatic nitrogens is 2. The van der Waals surface area contributed by atoms with Gasteiger partial charge >= 0.3 is 0 Å². The van der Waals surface area contributed by atoms with Crippen LogP contribution in [-0.4, -0.2) is 22.5 Å². The molecular weight excluding hydrogens is 304 g/mol. The molecule has 0 atom stereocenters. The lowest BCUT2D eigenvalue weighted by molar-refractivity contribution is 0.0988. The SMILES string of the molecule is CN(C(=O)c1csnn1)c1ccc(Br)cc1N. The van der Waals surface area contributed by atoms with Crippen molar-refractivity contribution in [2.75, 3.05) is 17.7 Å². The fourth-order valence-electron chi connectivity index (χ4n) is 1.37. The molecule has 1 aromatic heterocycles. The van der Waals surface area contributed by atoms with Gasteiger partial charge < -0.3 is 10.6 Å². The van der Waals surface area contributed by atoms with Gasteiger partial charge in [-0.05, 0) is 29.7 Å². The van der Waals surface area contributed by atoms with Crippen LogP contribution in [0.5, 0.6) is 0 Å². The van der Waals surface area contributed by atoms with Crippen LogP contribution in [0.3, 0.4) is 0 Å². The van der Waals surface area contributed by atoms with Gasteiger partial charge in [0.1, 0.15) is 0 Å². The number of hydrogen-bond acceptors (Lipinski definition) is 5. The van der Waals surface area contributed by atoms with Gasteiger partial charge in [0.05, 0.1) is 11.4 Å². The number of benzene rings is 1. The van der Waals surface area contributed by atoms with Gasteiger partial charge in [-0.15, -0.1) is 5.10 Å². The van der Waals surface area contributed by atoms with E-state index in [1.54, 1.807) is 24.6 Å². The maximum Gasteiger partial charge on any atom is 0.279 e. The van der Waals surface area contributed by atoms with Crippen LogP contribution in [-0.2, 0) is 0 Å². The molecule has 1 aromatic carbocycles. The summed E-state index contributed by atoms with van der Waals surface area (Å²) in [6, 6.07) is 5.35. The van der Waals surface area contributed by atoms with E-state index in [1.165, 1.54) is 4.90 Å². The molecule has 0 bridgehead atoms. The molecule has 2 aromatic rings. The van der Waals surface area contributed by atoms with Crippen LogP contribution < -0.4 is 10.6 Å². The summed E-state index contributed by atoms with van der Waals surface area (Å²) in [4.78, 5) is 13.5. The van der Waals surface area contributed by atoms with Crippen LogP contribution in [0.15, 0.2) is 28.1 Å². The average molecular weight is 313 g/mol. The van der Waals surface area contributed by atoms with Crippen molar-refractivity contribution in [3.8, 4) is 0 Å². The highest BCUT2D eigenvalue weighted by Crippen LogP contribution is 2.26. The van der Waals surface area contributed by atoms with Crippen LogP contribution >= 0.6 is 27.5 Å². The van der Waals surface area contributed by atoms with Crippen molar-refractivity contribution in [3.63, 3.8) is 0 Å². The summed E-state index contributed by atoms with van der Waals surface area (Å²) in [5.74, 6) is -0.229. The Morgan fingerprint density at radius 2 is 2.29 bits per heavy atom. The standard InChI is InChI=1S/C10H9BrN4OS/c1-15(10(16)8-5-17-14-13-8)9-3-2-6(11)4-7(9)12/h2-5H,12H2,1H3. The van der Waals surface area contributed by atoms with Gasteiger partial charge in [-0.3, -0.25) is 4.79 Å². The molecule has 0 saturated heterocycles. The summed E-state index contributed by atoms with van der Waals surface area (Å²) in [5.41, 5.74) is 7.35. The number of hydrogen-bond donors (Lipinski definition) is 1. The minimum Gasteiger partial charge on any atom is -0.397 e. The number of anilines is 2. The predicted octanol–water partition coefficient (Wildman–Crippen LogP) is 2.16. The first-order chi connectivity index (χ1) is 8.09. The van der Waals surface area contributed by atoms with Crippen molar-refractivity contribution in [2.45, 2.75) is 0 Å². The first-order valence-corrected chi connectivity index (χ1v) is 6.32. The largest absolute Gasteiger partial charge is 0.397 e. The van der Waals surface area contributed by atoms with Crippen LogP contribution in [0, 0.1) is 0 Å². The molecular formula is C10H9BrN4OS. The highest BCUT2D eigenvalue weighted by Gasteiger charge is 2.17. The smallest absolute Gasteiger partial charge is 0.279 e. The van der Waals surface area contributed by atoms with Gasteiger partial charge in [-0.1, -0.05) is 20.4 Å². The topological polar surface area (TPSA) is 72.1 Å². The molecule has 0 spiro atoms. The first kappa shape index (κ1) is 12.0. The number of nitrogens with zero attached hydrogens (tertiary/aromatic N) is 3. The van der Waals surface area contributed by atoms with E-state index < -0.39 is 0 Å². The Morgan fingerprint density at radius 1 is 1.53 bits per heavy atom. The zero-order valence-corrected chi connectivity index (χ0v) is 11.3. The fourth-order valence-corrected chi connectivity index (χ4v) is 2.18. The van der Waals surface area contributed by atoms with Crippen LogP contribution in [0.4, 0.5) is 11.4 Å². The predicted molar refractivity (Wildman–Crippen MR) is 71.2 cm³/mol. The van der Waals surface area contributed by atoms with Crippen molar-refractivity contribution in [1.82, 2.24) is 9.59 Å². The number of carbonyl (C=O) groups is 1. The van der Waals surface area contributed by atoms with E-state index in [0.29, 0.717) is 17.1 Å². The second-order valence-corrected chi connectivity index (χ2v) is 4.88. The maximum atomic E-state index is 12.0. The monoisotopic (exact) mass is 312 g/mol. The fraction of sp³-hybridized carbons (Fsp3) is 0.100. The third-order valence-electron chi connectivity index (χ3n) is 2.23. The Hall–Kier alpha value is -1.47. The van der Waals surface area contributed by atoms with E-state index >= 15 is 0 Å². The molecule has 88 valence electrons. The van der Waals surface area contributed by atoms with Crippen molar-refractivity contribution in [3.05, 3.63) is 33.7 Å². The Balaban J connectivity index is 2.31. The second-order valence-electron chi connectivity index (χ2n) is 3.36. The van der Waals surface area contributed by atoms with Gasteiger partial charge in [0.2, 0.25) is 0 Å². The Labute approximate surface area is 111 Å². The molecule has 0 radical (unpaired) electrons. The number of carbonyl (C=O) groups excluding carboxylic acids is 1. The molecule has 0 aliphatic heterocycles. The minimum atomic E-state index is -0.229. The van der Waals surface area contributed by atoms with Crippen molar-refractivity contribution in [2.24, 2.45) is 0 Å². The van der Waals surface area contributed by atoms with Crippen LogP contribution in [0.1, 0.15) is 10.5 Å². The normalized spacial score (nSPS) is 10.2. The molecule has 17 heavy (non-hydrogen) atoms. The lowest BCUT2D eigenvalue weighted by Gasteiger charge is -2.18. The average Bonchev–Trinajstić information content (AvgIpc) is 2.80. The summed E-state index contributed by atoms with van der Waals surface area (Å²) < 4.78 is 4.53. The molecule has 5 nitrogen and oxygen atoms in total. The van der Waals surface area contributed by atoms with Crippen molar-refractivity contribution < 1.29 is 4.79 Å². The molecule has 2 rings (SSSR count). The van der Waals surface area contributed by atoms with Gasteiger partial charge in [0.15, 0.2) is 5.69 Å². The lowest BCUT2D eigenvalue weighted by atomic mass is 10.2. The van der Waals surface area contributed by atoms with Gasteiger partial charge in [0, 0.05) is 16.9 Å². The third-order valence-corrected chi connectivity index (χ3v) is 3.23. The molecule has 1 heterocycles. The number of amides is 1. The summed E-state index contributed by atoms with van der Waals surface area (Å²) in [6.07, 6.45) is 0. The number of nitrogens with two attached hydrogens (primary N) is 1. The third kappa shape index (κ3) is 2.45. The number of halogens is 1. The molecule has 0 saturated carbocycles. The summed E-state index contributed by atoms with van der Waals surface area (Å²) >= 11 is 4.46.